The molecule has 0 spiro atoms. The normalized spacial score (nSPS) is 20.6. The second-order valence-corrected chi connectivity index (χ2v) is 6.51. The second kappa shape index (κ2) is 7.85. The monoisotopic (exact) mass is 333 g/mol. The largest absolute Gasteiger partial charge is 0.504 e. The molecule has 2 heterocycles. The maximum atomic E-state index is 13.2. The maximum Gasteiger partial charge on any atom is 0.244 e. The fraction of sp³-hybridized carbons (Fsp3) is 0.611. The fourth-order valence-electron chi connectivity index (χ4n) is 3.60. The third kappa shape index (κ3) is 3.65. The fourth-order valence-corrected chi connectivity index (χ4v) is 3.60. The van der Waals surface area contributed by atoms with Crippen molar-refractivity contribution in [1.29, 1.82) is 0 Å². The average Bonchev–Trinajstić information content (AvgIpc) is 2.65. The van der Waals surface area contributed by atoms with Gasteiger partial charge in [-0.1, -0.05) is 6.07 Å². The number of piperazine rings is 1. The Bertz CT molecular complexity index is 567. The lowest BCUT2D eigenvalue weighted by Crippen LogP contribution is -2.51. The van der Waals surface area contributed by atoms with E-state index in [1.807, 2.05) is 11.0 Å². The number of hydrogen-bond acceptors (Lipinski definition) is 5. The van der Waals surface area contributed by atoms with Crippen LogP contribution in [0.2, 0.25) is 0 Å². The lowest BCUT2D eigenvalue weighted by molar-refractivity contribution is -0.138. The number of phenols is 1. The van der Waals surface area contributed by atoms with E-state index in [2.05, 4.69) is 10.2 Å². The summed E-state index contributed by atoms with van der Waals surface area (Å²) >= 11 is 0. The number of methoxy groups -OCH3 is 1. The third-order valence-electron chi connectivity index (χ3n) is 4.94. The highest BCUT2D eigenvalue weighted by Gasteiger charge is 2.33. The molecule has 0 aromatic heterocycles. The molecule has 1 aromatic carbocycles. The quantitative estimate of drug-likeness (QED) is 0.871. The van der Waals surface area contributed by atoms with Gasteiger partial charge in [-0.25, -0.2) is 0 Å². The standard InChI is InChI=1S/C18H27N3O3/c1-24-16-13-14(5-6-15(16)22)17(20-11-7-19-8-12-20)18(23)21-9-3-2-4-10-21/h5-6,13,17,19,22H,2-4,7-12H2,1H3. The molecule has 0 aliphatic carbocycles. The predicted molar refractivity (Wildman–Crippen MR) is 92.3 cm³/mol. The van der Waals surface area contributed by atoms with Crippen molar-refractivity contribution in [2.24, 2.45) is 0 Å². The Kier molecular flexibility index (Phi) is 5.58. The molecular weight excluding hydrogens is 306 g/mol. The number of nitrogens with one attached hydrogen (secondary N) is 1. The highest BCUT2D eigenvalue weighted by atomic mass is 16.5. The van der Waals surface area contributed by atoms with Crippen molar-refractivity contribution in [3.05, 3.63) is 23.8 Å². The highest BCUT2D eigenvalue weighted by molar-refractivity contribution is 5.83. The lowest BCUT2D eigenvalue weighted by atomic mass is 10.0. The number of nitrogens with zero attached hydrogens (tertiary/aromatic N) is 2. The Balaban J connectivity index is 1.90. The van der Waals surface area contributed by atoms with Gasteiger partial charge >= 0.3 is 0 Å². The van der Waals surface area contributed by atoms with E-state index in [9.17, 15) is 9.90 Å². The van der Waals surface area contributed by atoms with Gasteiger partial charge in [0.25, 0.3) is 0 Å². The van der Waals surface area contributed by atoms with Gasteiger partial charge in [0.05, 0.1) is 7.11 Å². The van der Waals surface area contributed by atoms with Gasteiger partial charge in [-0.05, 0) is 37.0 Å². The number of likely N-dealkylation sites (tertiary alicyclic amines) is 1. The highest BCUT2D eigenvalue weighted by Crippen LogP contribution is 2.32. The van der Waals surface area contributed by atoms with Crippen molar-refractivity contribution >= 4 is 5.91 Å². The number of piperidine rings is 1. The summed E-state index contributed by atoms with van der Waals surface area (Å²) in [6.07, 6.45) is 3.37. The van der Waals surface area contributed by atoms with E-state index in [1.165, 1.54) is 13.5 Å². The Hall–Kier alpha value is -1.79. The van der Waals surface area contributed by atoms with Crippen molar-refractivity contribution in [2.75, 3.05) is 46.4 Å². The van der Waals surface area contributed by atoms with Crippen molar-refractivity contribution in [3.8, 4) is 11.5 Å². The van der Waals surface area contributed by atoms with E-state index in [0.29, 0.717) is 5.75 Å². The summed E-state index contributed by atoms with van der Waals surface area (Å²) in [6.45, 7) is 5.14. The molecule has 2 aliphatic heterocycles. The van der Waals surface area contributed by atoms with E-state index in [1.54, 1.807) is 12.1 Å². The number of hydrogen-bond donors (Lipinski definition) is 2. The van der Waals surface area contributed by atoms with Crippen molar-refractivity contribution in [2.45, 2.75) is 25.3 Å². The van der Waals surface area contributed by atoms with Gasteiger partial charge < -0.3 is 20.1 Å². The van der Waals surface area contributed by atoms with Gasteiger partial charge in [-0.2, -0.15) is 0 Å². The number of carbonyl (C=O) groups excluding carboxylic acids is 1. The van der Waals surface area contributed by atoms with E-state index in [4.69, 9.17) is 4.74 Å². The molecule has 2 fully saturated rings. The van der Waals surface area contributed by atoms with Gasteiger partial charge in [0, 0.05) is 39.3 Å². The summed E-state index contributed by atoms with van der Waals surface area (Å²) in [5.41, 5.74) is 0.891. The SMILES string of the molecule is COc1cc(C(C(=O)N2CCCCC2)N2CCNCC2)ccc1O. The maximum absolute atomic E-state index is 13.2. The number of carbonyl (C=O) groups is 1. The van der Waals surface area contributed by atoms with Crippen molar-refractivity contribution in [3.63, 3.8) is 0 Å². The number of benzene rings is 1. The molecule has 1 amide bonds. The molecule has 2 N–H and O–H groups in total. The zero-order valence-electron chi connectivity index (χ0n) is 14.3. The van der Waals surface area contributed by atoms with Crippen LogP contribution in [0, 0.1) is 0 Å². The van der Waals surface area contributed by atoms with Crippen LogP contribution in [0.25, 0.3) is 0 Å². The van der Waals surface area contributed by atoms with Gasteiger partial charge in [0.2, 0.25) is 5.91 Å². The van der Waals surface area contributed by atoms with Crippen LogP contribution in [0.1, 0.15) is 30.9 Å². The second-order valence-electron chi connectivity index (χ2n) is 6.51. The van der Waals surface area contributed by atoms with Crippen LogP contribution in [-0.4, -0.2) is 67.2 Å². The topological polar surface area (TPSA) is 65.0 Å². The first-order valence-corrected chi connectivity index (χ1v) is 8.81. The minimum absolute atomic E-state index is 0.103. The first-order valence-electron chi connectivity index (χ1n) is 8.81. The van der Waals surface area contributed by atoms with Crippen LogP contribution in [0.15, 0.2) is 18.2 Å². The minimum atomic E-state index is -0.306. The molecule has 1 unspecified atom stereocenters. The molecule has 0 radical (unpaired) electrons. The van der Waals surface area contributed by atoms with Gasteiger partial charge in [0.15, 0.2) is 11.5 Å². The van der Waals surface area contributed by atoms with E-state index < -0.39 is 0 Å². The zero-order chi connectivity index (χ0) is 16.9. The first kappa shape index (κ1) is 17.0. The molecule has 2 saturated heterocycles. The zero-order valence-corrected chi connectivity index (χ0v) is 14.3. The summed E-state index contributed by atoms with van der Waals surface area (Å²) in [5.74, 6) is 0.689. The van der Waals surface area contributed by atoms with Crippen molar-refractivity contribution < 1.29 is 14.6 Å². The van der Waals surface area contributed by atoms with Gasteiger partial charge in [-0.15, -0.1) is 0 Å². The number of amides is 1. The molecule has 1 atom stereocenters. The molecular formula is C18H27N3O3. The number of ether oxygens (including phenoxy) is 1. The summed E-state index contributed by atoms with van der Waals surface area (Å²) in [7, 11) is 1.53. The van der Waals surface area contributed by atoms with Crippen LogP contribution in [0.5, 0.6) is 11.5 Å². The molecule has 132 valence electrons. The number of phenolic OH excluding ortho intramolecular Hbond substituents is 1. The molecule has 1 aromatic rings. The Labute approximate surface area is 143 Å². The Morgan fingerprint density at radius 1 is 1.17 bits per heavy atom. The molecule has 24 heavy (non-hydrogen) atoms. The molecule has 0 saturated carbocycles. The van der Waals surface area contributed by atoms with E-state index in [0.717, 1.165) is 57.7 Å². The van der Waals surface area contributed by atoms with Crippen LogP contribution < -0.4 is 10.1 Å². The molecule has 2 aliphatic rings. The van der Waals surface area contributed by atoms with E-state index >= 15 is 0 Å². The predicted octanol–water partition coefficient (Wildman–Crippen LogP) is 1.36. The van der Waals surface area contributed by atoms with Gasteiger partial charge in [-0.3, -0.25) is 9.69 Å². The average molecular weight is 333 g/mol. The molecule has 6 nitrogen and oxygen atoms in total. The van der Waals surface area contributed by atoms with Crippen LogP contribution in [-0.2, 0) is 4.79 Å². The number of rotatable bonds is 4. The third-order valence-corrected chi connectivity index (χ3v) is 4.94. The summed E-state index contributed by atoms with van der Waals surface area (Å²) < 4.78 is 5.24. The minimum Gasteiger partial charge on any atom is -0.504 e. The summed E-state index contributed by atoms with van der Waals surface area (Å²) in [6, 6.07) is 4.95. The van der Waals surface area contributed by atoms with Crippen LogP contribution in [0.4, 0.5) is 0 Å². The smallest absolute Gasteiger partial charge is 0.244 e. The van der Waals surface area contributed by atoms with Crippen LogP contribution >= 0.6 is 0 Å². The molecule has 0 bridgehead atoms. The first-order chi connectivity index (χ1) is 11.7. The Morgan fingerprint density at radius 2 is 1.88 bits per heavy atom. The molecule has 3 rings (SSSR count). The van der Waals surface area contributed by atoms with Crippen molar-refractivity contribution in [1.82, 2.24) is 15.1 Å². The summed E-state index contributed by atoms with van der Waals surface area (Å²) in [5, 5.41) is 13.2. The number of aromatic hydroxyl groups is 1. The Morgan fingerprint density at radius 3 is 2.54 bits per heavy atom. The van der Waals surface area contributed by atoms with E-state index in [-0.39, 0.29) is 17.7 Å². The van der Waals surface area contributed by atoms with Crippen LogP contribution in [0.3, 0.4) is 0 Å². The summed E-state index contributed by atoms with van der Waals surface area (Å²) in [4.78, 5) is 17.5. The van der Waals surface area contributed by atoms with Gasteiger partial charge in [0.1, 0.15) is 6.04 Å². The lowest BCUT2D eigenvalue weighted by Gasteiger charge is -2.38. The molecule has 6 heteroatoms.